The van der Waals surface area contributed by atoms with Gasteiger partial charge in [0.1, 0.15) is 11.8 Å². The zero-order chi connectivity index (χ0) is 48.6. The van der Waals surface area contributed by atoms with Gasteiger partial charge in [0.25, 0.3) is 0 Å². The maximum Gasteiger partial charge on any atom is 0.407 e. The molecule has 5 rings (SSSR count). The highest BCUT2D eigenvalue weighted by Gasteiger charge is 2.63. The maximum atomic E-state index is 14.7. The summed E-state index contributed by atoms with van der Waals surface area (Å²) in [4.78, 5) is 40.3. The van der Waals surface area contributed by atoms with Gasteiger partial charge in [-0.1, -0.05) is 113 Å². The zero-order valence-electron chi connectivity index (χ0n) is 42.7. The van der Waals surface area contributed by atoms with Crippen molar-refractivity contribution in [3.8, 4) is 0 Å². The normalized spacial score (nSPS) is 39.3. The fourth-order valence-electron chi connectivity index (χ4n) is 12.2. The first-order chi connectivity index (χ1) is 31.2. The molecule has 0 unspecified atom stereocenters. The number of aliphatic hydroxyl groups excluding tert-OH is 1. The molecule has 0 aromatic rings. The molecule has 5 heterocycles. The first-order valence-electron chi connectivity index (χ1n) is 26.4. The Kier molecular flexibility index (Phi) is 19.6. The lowest BCUT2D eigenvalue weighted by Gasteiger charge is -2.55. The number of amides is 1. The number of carboxylic acid groups (broad SMARTS) is 1. The van der Waals surface area contributed by atoms with Crippen molar-refractivity contribution in [3.63, 3.8) is 0 Å². The zero-order valence-corrected chi connectivity index (χ0v) is 42.7. The molecule has 4 fully saturated rings. The van der Waals surface area contributed by atoms with Crippen LogP contribution in [0.3, 0.4) is 0 Å². The maximum absolute atomic E-state index is 14.7. The third-order valence-corrected chi connectivity index (χ3v) is 17.0. The summed E-state index contributed by atoms with van der Waals surface area (Å²) in [5, 5.41) is 36.1. The molecule has 1 amide bonds. The third kappa shape index (κ3) is 12.2. The summed E-state index contributed by atoms with van der Waals surface area (Å²) in [6.07, 6.45) is 15.1. The van der Waals surface area contributed by atoms with Gasteiger partial charge in [0.15, 0.2) is 11.6 Å². The van der Waals surface area contributed by atoms with Crippen molar-refractivity contribution in [1.82, 2.24) is 5.32 Å². The Labute approximate surface area is 397 Å². The molecule has 0 saturated carbocycles. The molecule has 18 atom stereocenters. The number of unbranched alkanes of at least 4 members (excludes halogenated alkanes) is 7. The number of carbonyl (C=O) groups excluding carboxylic acids is 2. The van der Waals surface area contributed by atoms with Crippen molar-refractivity contribution in [2.45, 2.75) is 257 Å². The summed E-state index contributed by atoms with van der Waals surface area (Å²) < 4.78 is 40.4. The molecule has 13 heteroatoms. The van der Waals surface area contributed by atoms with Crippen LogP contribution < -0.4 is 5.32 Å². The number of carbonyl (C=O) groups is 3. The number of alkyl carbamates (subject to hydrolysis) is 1. The molecule has 0 bridgehead atoms. The molecule has 4 N–H and O–H groups in total. The number of aliphatic carboxylic acids is 1. The molecule has 4 saturated heterocycles. The highest BCUT2D eigenvalue weighted by molar-refractivity contribution is 5.84. The van der Waals surface area contributed by atoms with Gasteiger partial charge in [-0.25, -0.2) is 4.79 Å². The van der Waals surface area contributed by atoms with Crippen LogP contribution in [0.15, 0.2) is 12.2 Å². The summed E-state index contributed by atoms with van der Waals surface area (Å²) in [5.41, 5.74) is -1.72. The van der Waals surface area contributed by atoms with Crippen LogP contribution in [0.5, 0.6) is 0 Å². The van der Waals surface area contributed by atoms with Gasteiger partial charge in [-0.3, -0.25) is 9.59 Å². The van der Waals surface area contributed by atoms with E-state index >= 15 is 0 Å². The van der Waals surface area contributed by atoms with E-state index in [4.69, 9.17) is 28.4 Å². The van der Waals surface area contributed by atoms with Gasteiger partial charge >= 0.3 is 12.1 Å². The molecule has 0 aromatic heterocycles. The van der Waals surface area contributed by atoms with Crippen molar-refractivity contribution >= 4 is 17.8 Å². The van der Waals surface area contributed by atoms with E-state index in [1.807, 2.05) is 53.7 Å². The Morgan fingerprint density at radius 2 is 1.48 bits per heavy atom. The number of hydrogen-bond donors (Lipinski definition) is 4. The lowest BCUT2D eigenvalue weighted by molar-refractivity contribution is -0.398. The molecule has 66 heavy (non-hydrogen) atoms. The van der Waals surface area contributed by atoms with E-state index in [0.29, 0.717) is 64.4 Å². The Bertz CT molecular complexity index is 1610. The Hall–Kier alpha value is -2.13. The smallest absolute Gasteiger partial charge is 0.407 e. The third-order valence-electron chi connectivity index (χ3n) is 17.0. The Morgan fingerprint density at radius 3 is 2.11 bits per heavy atom. The minimum Gasteiger partial charge on any atom is -0.481 e. The van der Waals surface area contributed by atoms with Crippen LogP contribution in [0.1, 0.15) is 192 Å². The number of aliphatic hydroxyl groups is 2. The predicted octanol–water partition coefficient (Wildman–Crippen LogP) is 10.1. The SMILES string of the molecule is CCCCCCCCCCOC(=O)N[C@@H]1C=C[C@]2(O[C@H]([C@@H](CC)C(=O)[C@@H](C)[C@@H](O)[C@H](C)[C@@H]3O[C@@H]([C@@H](CC)C(=O)O)CC[C@@H]3C)[C@@H](C)C[C@H]2C)O[C@@]12CC[C@@](C)([C@H]1CC[C@](O)(CC)[C@H](C)O1)O2. The highest BCUT2D eigenvalue weighted by Crippen LogP contribution is 2.54. The summed E-state index contributed by atoms with van der Waals surface area (Å²) in [6.45, 7) is 22.3. The Morgan fingerprint density at radius 1 is 0.818 bits per heavy atom. The predicted molar refractivity (Wildman–Crippen MR) is 254 cm³/mol. The topological polar surface area (TPSA) is 179 Å². The molecule has 5 aliphatic rings. The fourth-order valence-corrected chi connectivity index (χ4v) is 12.2. The van der Waals surface area contributed by atoms with E-state index in [0.717, 1.165) is 25.7 Å². The van der Waals surface area contributed by atoms with Crippen LogP contribution in [-0.4, -0.2) is 105 Å². The summed E-state index contributed by atoms with van der Waals surface area (Å²) in [7, 11) is 0. The molecule has 2 spiro atoms. The van der Waals surface area contributed by atoms with E-state index in [9.17, 15) is 29.7 Å². The number of ether oxygens (including phenoxy) is 6. The molecule has 380 valence electrons. The van der Waals surface area contributed by atoms with E-state index in [1.165, 1.54) is 32.1 Å². The monoisotopic (exact) mass is 934 g/mol. The van der Waals surface area contributed by atoms with Gasteiger partial charge < -0.3 is 49.1 Å². The van der Waals surface area contributed by atoms with E-state index < -0.39 is 95.1 Å². The standard InChI is InChI=1S/C53H91NO12/c1-12-16-17-18-19-20-21-22-31-61-49(59)54-42-25-28-52(66-53(42)30-29-50(11,65-53)43-26-27-51(60,15-4)38(10)62-43)35(7)32-34(6)47(64-52)40(14-3)45(56)36(8)44(55)37(9)46-33(5)23-24-41(63-46)39(13-2)48(57)58/h25,28,33-44,46-47,55,60H,12-24,26-27,29-32H2,1-11H3,(H,54,59)(H,57,58)/t33-,34-,35+,36-,37-,38-,39+,40-,41+,42+,43+,44+,46+,47-,50-,51+,52-,53-/m0/s1. The van der Waals surface area contributed by atoms with Gasteiger partial charge in [0.2, 0.25) is 0 Å². The molecule has 0 aliphatic carbocycles. The summed E-state index contributed by atoms with van der Waals surface area (Å²) in [5.74, 6) is -6.05. The van der Waals surface area contributed by atoms with Crippen molar-refractivity contribution < 1.29 is 58.1 Å². The number of nitrogens with one attached hydrogen (secondary N) is 1. The fraction of sp³-hybridized carbons (Fsp3) is 0.906. The quantitative estimate of drug-likeness (QED) is 0.0597. The van der Waals surface area contributed by atoms with Crippen LogP contribution in [0.4, 0.5) is 4.79 Å². The van der Waals surface area contributed by atoms with Gasteiger partial charge in [-0.15, -0.1) is 0 Å². The van der Waals surface area contributed by atoms with Gasteiger partial charge in [0, 0.05) is 30.1 Å². The minimum absolute atomic E-state index is 0.0231. The average Bonchev–Trinajstić information content (AvgIpc) is 3.63. The van der Waals surface area contributed by atoms with Crippen molar-refractivity contribution in [2.24, 2.45) is 41.4 Å². The average molecular weight is 934 g/mol. The molecule has 5 aliphatic heterocycles. The number of Topliss-reactive ketones (excluding diaryl/α,β-unsaturated/α-hetero) is 1. The van der Waals surface area contributed by atoms with Crippen molar-refractivity contribution in [3.05, 3.63) is 12.2 Å². The van der Waals surface area contributed by atoms with Crippen LogP contribution in [0.2, 0.25) is 0 Å². The Balaban J connectivity index is 1.34. The second kappa shape index (κ2) is 23.7. The minimum atomic E-state index is -1.36. The second-order valence-corrected chi connectivity index (χ2v) is 21.7. The molecular formula is C53H91NO12. The lowest BCUT2D eigenvalue weighted by atomic mass is 9.72. The number of carboxylic acids is 1. The van der Waals surface area contributed by atoms with Crippen LogP contribution in [0, 0.1) is 41.4 Å². The van der Waals surface area contributed by atoms with E-state index in [1.54, 1.807) is 6.92 Å². The van der Waals surface area contributed by atoms with Crippen LogP contribution >= 0.6 is 0 Å². The van der Waals surface area contributed by atoms with E-state index in [2.05, 4.69) is 33.0 Å². The molecule has 0 aromatic carbocycles. The van der Waals surface area contributed by atoms with Crippen LogP contribution in [-0.2, 0) is 38.0 Å². The first-order valence-corrected chi connectivity index (χ1v) is 26.4. The number of hydrogen-bond acceptors (Lipinski definition) is 11. The van der Waals surface area contributed by atoms with Gasteiger partial charge in [-0.05, 0) is 96.0 Å². The molecule has 0 radical (unpaired) electrons. The van der Waals surface area contributed by atoms with E-state index in [-0.39, 0.29) is 29.6 Å². The second-order valence-electron chi connectivity index (χ2n) is 21.7. The number of rotatable bonds is 22. The number of ketones is 1. The van der Waals surface area contributed by atoms with Gasteiger partial charge in [-0.2, -0.15) is 0 Å². The molecular weight excluding hydrogens is 843 g/mol. The summed E-state index contributed by atoms with van der Waals surface area (Å²) >= 11 is 0. The lowest BCUT2D eigenvalue weighted by Crippen LogP contribution is -2.65. The van der Waals surface area contributed by atoms with Crippen molar-refractivity contribution in [1.29, 1.82) is 0 Å². The van der Waals surface area contributed by atoms with Crippen molar-refractivity contribution in [2.75, 3.05) is 6.61 Å². The van der Waals surface area contributed by atoms with Gasteiger partial charge in [0.05, 0.1) is 60.4 Å². The summed E-state index contributed by atoms with van der Waals surface area (Å²) in [6, 6.07) is -0.717. The first kappa shape index (κ1) is 54.8. The molecule has 13 nitrogen and oxygen atoms in total. The largest absolute Gasteiger partial charge is 0.481 e. The van der Waals surface area contributed by atoms with Crippen LogP contribution in [0.25, 0.3) is 0 Å². The highest BCUT2D eigenvalue weighted by atomic mass is 16.8.